The van der Waals surface area contributed by atoms with Crippen LogP contribution in [0.4, 0.5) is 17.1 Å². The Morgan fingerprint density at radius 1 is 1.00 bits per heavy atom. The number of hydrogen-bond donors (Lipinski definition) is 3. The van der Waals surface area contributed by atoms with Crippen molar-refractivity contribution in [3.8, 4) is 0 Å². The van der Waals surface area contributed by atoms with E-state index in [1.54, 1.807) is 42.5 Å². The molecule has 0 unspecified atom stereocenters. The molecule has 2 aromatic rings. The number of benzene rings is 2. The van der Waals surface area contributed by atoms with E-state index in [0.717, 1.165) is 0 Å². The molecule has 0 fully saturated rings. The first kappa shape index (κ1) is 15.1. The normalized spacial score (nSPS) is 10.0. The number of halogens is 1. The summed E-state index contributed by atoms with van der Waals surface area (Å²) >= 11 is 3.29. The predicted molar refractivity (Wildman–Crippen MR) is 87.3 cm³/mol. The molecule has 0 heterocycles. The van der Waals surface area contributed by atoms with E-state index < -0.39 is 0 Å². The third-order valence-corrected chi connectivity index (χ3v) is 3.41. The van der Waals surface area contributed by atoms with Crippen molar-refractivity contribution in [3.63, 3.8) is 0 Å². The molecule has 0 aliphatic heterocycles. The average Bonchev–Trinajstić information content (AvgIpc) is 2.43. The minimum absolute atomic E-state index is 0.140. The van der Waals surface area contributed by atoms with Gasteiger partial charge in [-0.05, 0) is 58.4 Å². The minimum atomic E-state index is -0.233. The molecule has 2 aromatic carbocycles. The highest BCUT2D eigenvalue weighted by Crippen LogP contribution is 2.21. The quantitative estimate of drug-likeness (QED) is 0.745. The van der Waals surface area contributed by atoms with Gasteiger partial charge in [-0.3, -0.25) is 9.59 Å². The molecule has 0 bridgehead atoms. The zero-order valence-corrected chi connectivity index (χ0v) is 12.9. The fourth-order valence-corrected chi connectivity index (χ4v) is 2.09. The second kappa shape index (κ2) is 6.41. The maximum absolute atomic E-state index is 12.1. The molecule has 0 aliphatic carbocycles. The summed E-state index contributed by atoms with van der Waals surface area (Å²) < 4.78 is 0.677. The number of nitrogen functional groups attached to an aromatic ring is 1. The molecule has 0 spiro atoms. The second-order valence-corrected chi connectivity index (χ2v) is 5.30. The lowest BCUT2D eigenvalue weighted by Crippen LogP contribution is -2.12. The van der Waals surface area contributed by atoms with Gasteiger partial charge in [0.15, 0.2) is 0 Å². The van der Waals surface area contributed by atoms with Crippen LogP contribution in [0.3, 0.4) is 0 Å². The SMILES string of the molecule is CC(=O)Nc1ccc(NC(=O)c2ccc(N)c(Br)c2)cc1. The van der Waals surface area contributed by atoms with Crippen molar-refractivity contribution in [2.45, 2.75) is 6.92 Å². The summed E-state index contributed by atoms with van der Waals surface area (Å²) in [7, 11) is 0. The maximum Gasteiger partial charge on any atom is 0.255 e. The number of carbonyl (C=O) groups excluding carboxylic acids is 2. The lowest BCUT2D eigenvalue weighted by molar-refractivity contribution is -0.114. The number of amides is 2. The number of nitrogens with one attached hydrogen (secondary N) is 2. The van der Waals surface area contributed by atoms with Gasteiger partial charge in [-0.2, -0.15) is 0 Å². The van der Waals surface area contributed by atoms with Crippen LogP contribution in [0.1, 0.15) is 17.3 Å². The van der Waals surface area contributed by atoms with Gasteiger partial charge in [0.2, 0.25) is 5.91 Å². The zero-order chi connectivity index (χ0) is 15.4. The summed E-state index contributed by atoms with van der Waals surface area (Å²) in [6.45, 7) is 1.44. The van der Waals surface area contributed by atoms with Gasteiger partial charge in [-0.15, -0.1) is 0 Å². The molecule has 6 heteroatoms. The van der Waals surface area contributed by atoms with E-state index >= 15 is 0 Å². The van der Waals surface area contributed by atoms with Gasteiger partial charge < -0.3 is 16.4 Å². The fraction of sp³-hybridized carbons (Fsp3) is 0.0667. The van der Waals surface area contributed by atoms with Crippen LogP contribution < -0.4 is 16.4 Å². The van der Waals surface area contributed by atoms with Crippen LogP contribution in [0.5, 0.6) is 0 Å². The molecule has 2 amide bonds. The Bertz CT molecular complexity index is 684. The third kappa shape index (κ3) is 4.06. The van der Waals surface area contributed by atoms with Crippen LogP contribution in [0.25, 0.3) is 0 Å². The largest absolute Gasteiger partial charge is 0.398 e. The van der Waals surface area contributed by atoms with Gasteiger partial charge in [-0.25, -0.2) is 0 Å². The molecular weight excluding hydrogens is 334 g/mol. The first-order valence-electron chi connectivity index (χ1n) is 6.20. The summed E-state index contributed by atoms with van der Waals surface area (Å²) in [5.41, 5.74) is 8.08. The number of nitrogens with two attached hydrogens (primary N) is 1. The summed E-state index contributed by atoms with van der Waals surface area (Å²) in [6.07, 6.45) is 0. The van der Waals surface area contributed by atoms with Gasteiger partial charge in [0.05, 0.1) is 0 Å². The van der Waals surface area contributed by atoms with E-state index in [4.69, 9.17) is 5.73 Å². The molecule has 0 radical (unpaired) electrons. The van der Waals surface area contributed by atoms with Crippen LogP contribution >= 0.6 is 15.9 Å². The number of anilines is 3. The maximum atomic E-state index is 12.1. The summed E-state index contributed by atoms with van der Waals surface area (Å²) in [4.78, 5) is 23.0. The Balaban J connectivity index is 2.08. The topological polar surface area (TPSA) is 84.2 Å². The minimum Gasteiger partial charge on any atom is -0.398 e. The summed E-state index contributed by atoms with van der Waals surface area (Å²) in [5, 5.41) is 5.43. The lowest BCUT2D eigenvalue weighted by atomic mass is 10.2. The van der Waals surface area contributed by atoms with E-state index in [0.29, 0.717) is 27.1 Å². The average molecular weight is 348 g/mol. The van der Waals surface area contributed by atoms with Gasteiger partial charge in [-0.1, -0.05) is 0 Å². The van der Waals surface area contributed by atoms with Crippen molar-refractivity contribution < 1.29 is 9.59 Å². The van der Waals surface area contributed by atoms with E-state index in [9.17, 15) is 9.59 Å². The molecule has 4 N–H and O–H groups in total. The molecule has 0 aliphatic rings. The monoisotopic (exact) mass is 347 g/mol. The Hall–Kier alpha value is -2.34. The lowest BCUT2D eigenvalue weighted by Gasteiger charge is -2.08. The Labute approximate surface area is 130 Å². The van der Waals surface area contributed by atoms with Crippen LogP contribution in [0, 0.1) is 0 Å². The Morgan fingerprint density at radius 3 is 2.10 bits per heavy atom. The molecule has 0 aromatic heterocycles. The Morgan fingerprint density at radius 2 is 1.57 bits per heavy atom. The van der Waals surface area contributed by atoms with Crippen molar-refractivity contribution in [2.24, 2.45) is 0 Å². The van der Waals surface area contributed by atoms with Gasteiger partial charge in [0.1, 0.15) is 0 Å². The van der Waals surface area contributed by atoms with E-state index in [1.807, 2.05) is 0 Å². The van der Waals surface area contributed by atoms with Gasteiger partial charge in [0, 0.05) is 34.0 Å². The second-order valence-electron chi connectivity index (χ2n) is 4.45. The van der Waals surface area contributed by atoms with Crippen LogP contribution in [0.15, 0.2) is 46.9 Å². The molecule has 2 rings (SSSR count). The number of rotatable bonds is 3. The standard InChI is InChI=1S/C15H14BrN3O2/c1-9(20)18-11-3-5-12(6-4-11)19-15(21)10-2-7-14(17)13(16)8-10/h2-8H,17H2,1H3,(H,18,20)(H,19,21). The van der Waals surface area contributed by atoms with Crippen molar-refractivity contribution in [1.29, 1.82) is 0 Å². The predicted octanol–water partition coefficient (Wildman–Crippen LogP) is 3.24. The molecule has 21 heavy (non-hydrogen) atoms. The summed E-state index contributed by atoms with van der Waals surface area (Å²) in [6, 6.07) is 11.9. The highest BCUT2D eigenvalue weighted by Gasteiger charge is 2.08. The first-order chi connectivity index (χ1) is 9.95. The van der Waals surface area contributed by atoms with Crippen molar-refractivity contribution in [3.05, 3.63) is 52.5 Å². The van der Waals surface area contributed by atoms with Crippen LogP contribution in [0.2, 0.25) is 0 Å². The van der Waals surface area contributed by atoms with E-state index in [2.05, 4.69) is 26.6 Å². The van der Waals surface area contributed by atoms with Crippen LogP contribution in [-0.4, -0.2) is 11.8 Å². The first-order valence-corrected chi connectivity index (χ1v) is 6.99. The van der Waals surface area contributed by atoms with E-state index in [-0.39, 0.29) is 11.8 Å². The van der Waals surface area contributed by atoms with Crippen molar-refractivity contribution >= 4 is 44.8 Å². The number of hydrogen-bond acceptors (Lipinski definition) is 3. The van der Waals surface area contributed by atoms with Crippen molar-refractivity contribution in [1.82, 2.24) is 0 Å². The van der Waals surface area contributed by atoms with Crippen molar-refractivity contribution in [2.75, 3.05) is 16.4 Å². The number of carbonyl (C=O) groups is 2. The van der Waals surface area contributed by atoms with Gasteiger partial charge >= 0.3 is 0 Å². The zero-order valence-electron chi connectivity index (χ0n) is 11.3. The Kier molecular flexibility index (Phi) is 4.59. The fourth-order valence-electron chi connectivity index (χ4n) is 1.71. The highest BCUT2D eigenvalue weighted by atomic mass is 79.9. The smallest absolute Gasteiger partial charge is 0.255 e. The summed E-state index contributed by atoms with van der Waals surface area (Å²) in [5.74, 6) is -0.374. The van der Waals surface area contributed by atoms with E-state index in [1.165, 1.54) is 6.92 Å². The molecule has 108 valence electrons. The highest BCUT2D eigenvalue weighted by molar-refractivity contribution is 9.10. The molecule has 5 nitrogen and oxygen atoms in total. The molecule has 0 saturated carbocycles. The van der Waals surface area contributed by atoms with Gasteiger partial charge in [0.25, 0.3) is 5.91 Å². The third-order valence-electron chi connectivity index (χ3n) is 2.73. The van der Waals surface area contributed by atoms with Crippen LogP contribution in [-0.2, 0) is 4.79 Å². The molecule has 0 atom stereocenters. The molecular formula is C15H14BrN3O2. The molecule has 0 saturated heterocycles.